The number of carbonyl (C=O) groups excluding carboxylic acids is 1. The molecule has 9 heteroatoms. The predicted octanol–water partition coefficient (Wildman–Crippen LogP) is 4.78. The summed E-state index contributed by atoms with van der Waals surface area (Å²) in [7, 11) is 0. The van der Waals surface area contributed by atoms with E-state index in [9.17, 15) is 4.79 Å². The van der Waals surface area contributed by atoms with E-state index in [0.29, 0.717) is 16.6 Å². The number of thiophene rings is 1. The summed E-state index contributed by atoms with van der Waals surface area (Å²) in [4.78, 5) is 12.4. The number of aromatic nitrogens is 4. The Kier molecular flexibility index (Phi) is 5.11. The summed E-state index contributed by atoms with van der Waals surface area (Å²) in [6, 6.07) is 15.5. The van der Waals surface area contributed by atoms with E-state index in [4.69, 9.17) is 11.6 Å². The molecule has 6 nitrogen and oxygen atoms in total. The molecule has 27 heavy (non-hydrogen) atoms. The number of hydrogen-bond acceptors (Lipinski definition) is 6. The number of nitrogens with zero attached hydrogens (tertiary/aromatic N) is 4. The molecule has 2 heterocycles. The molecule has 1 amide bonds. The van der Waals surface area contributed by atoms with Crippen LogP contribution in [-0.2, 0) is 10.5 Å². The van der Waals surface area contributed by atoms with Crippen molar-refractivity contribution >= 4 is 56.4 Å². The minimum Gasteiger partial charge on any atom is -0.326 e. The number of carbonyl (C=O) groups is 1. The molecule has 4 aromatic rings. The van der Waals surface area contributed by atoms with Gasteiger partial charge in [-0.05, 0) is 34.7 Å². The van der Waals surface area contributed by atoms with Gasteiger partial charge >= 0.3 is 0 Å². The van der Waals surface area contributed by atoms with Gasteiger partial charge in [-0.3, -0.25) is 4.79 Å². The van der Waals surface area contributed by atoms with E-state index in [2.05, 4.69) is 26.9 Å². The number of benzene rings is 2. The fraction of sp³-hybridized carbons (Fsp3) is 0.111. The molecule has 0 fully saturated rings. The second kappa shape index (κ2) is 7.67. The lowest BCUT2D eigenvalue weighted by molar-refractivity contribution is -0.114. The molecule has 0 saturated heterocycles. The van der Waals surface area contributed by atoms with Gasteiger partial charge in [-0.2, -0.15) is 4.68 Å². The van der Waals surface area contributed by atoms with E-state index in [1.54, 1.807) is 16.0 Å². The molecule has 2 aromatic carbocycles. The number of nitrogens with one attached hydrogen (secondary N) is 1. The lowest BCUT2D eigenvalue weighted by Gasteiger charge is -2.07. The molecule has 0 aliphatic carbocycles. The van der Waals surface area contributed by atoms with Gasteiger partial charge in [-0.25, -0.2) is 0 Å². The van der Waals surface area contributed by atoms with E-state index in [1.165, 1.54) is 23.4 Å². The Balaban J connectivity index is 1.57. The monoisotopic (exact) mass is 415 g/mol. The van der Waals surface area contributed by atoms with E-state index < -0.39 is 0 Å². The predicted molar refractivity (Wildman–Crippen MR) is 110 cm³/mol. The van der Waals surface area contributed by atoms with Crippen LogP contribution >= 0.6 is 34.7 Å². The second-order valence-electron chi connectivity index (χ2n) is 5.73. The maximum Gasteiger partial charge on any atom is 0.221 e. The Morgan fingerprint density at radius 3 is 2.93 bits per heavy atom. The Morgan fingerprint density at radius 1 is 1.26 bits per heavy atom. The normalized spacial score (nSPS) is 11.0. The number of fused-ring (bicyclic) bond motifs is 1. The molecule has 0 aliphatic rings. The van der Waals surface area contributed by atoms with Gasteiger partial charge in [-0.15, -0.1) is 16.4 Å². The van der Waals surface area contributed by atoms with Gasteiger partial charge in [0.05, 0.1) is 10.7 Å². The van der Waals surface area contributed by atoms with Gasteiger partial charge in [-0.1, -0.05) is 47.6 Å². The standard InChI is InChI=1S/C18H14ClN5OS2/c1-11(25)20-12-5-4-6-13(9-12)24-18(21-22-23-24)26-10-16-17(19)14-7-2-3-8-15(14)27-16/h2-9H,10H2,1H3,(H,20,25). The molecular formula is C18H14ClN5OS2. The van der Waals surface area contributed by atoms with Crippen LogP contribution in [0.1, 0.15) is 11.8 Å². The SMILES string of the molecule is CC(=O)Nc1cccc(-n2nnnc2SCc2sc3ccccc3c2Cl)c1. The highest BCUT2D eigenvalue weighted by Gasteiger charge is 2.14. The Bertz CT molecular complexity index is 1120. The molecule has 1 N–H and O–H groups in total. The minimum atomic E-state index is -0.127. The number of halogens is 1. The Morgan fingerprint density at radius 2 is 2.11 bits per heavy atom. The number of anilines is 1. The zero-order valence-electron chi connectivity index (χ0n) is 14.2. The zero-order valence-corrected chi connectivity index (χ0v) is 16.6. The van der Waals surface area contributed by atoms with E-state index >= 15 is 0 Å². The summed E-state index contributed by atoms with van der Waals surface area (Å²) < 4.78 is 2.82. The van der Waals surface area contributed by atoms with Crippen LogP contribution < -0.4 is 5.32 Å². The van der Waals surface area contributed by atoms with E-state index in [1.807, 2.05) is 42.5 Å². The van der Waals surface area contributed by atoms with Crippen molar-refractivity contribution < 1.29 is 4.79 Å². The first-order chi connectivity index (χ1) is 13.1. The van der Waals surface area contributed by atoms with Crippen LogP contribution in [-0.4, -0.2) is 26.1 Å². The van der Waals surface area contributed by atoms with Gasteiger partial charge in [0.25, 0.3) is 0 Å². The van der Waals surface area contributed by atoms with E-state index in [0.717, 1.165) is 21.0 Å². The van der Waals surface area contributed by atoms with Gasteiger partial charge in [0, 0.05) is 33.3 Å². The first kappa shape index (κ1) is 18.0. The van der Waals surface area contributed by atoms with Crippen LogP contribution in [0.25, 0.3) is 15.8 Å². The first-order valence-electron chi connectivity index (χ1n) is 8.07. The highest BCUT2D eigenvalue weighted by atomic mass is 35.5. The lowest BCUT2D eigenvalue weighted by Crippen LogP contribution is -2.07. The summed E-state index contributed by atoms with van der Waals surface area (Å²) in [6.07, 6.45) is 0. The van der Waals surface area contributed by atoms with Crippen molar-refractivity contribution in [3.8, 4) is 5.69 Å². The molecule has 0 bridgehead atoms. The number of rotatable bonds is 5. The maximum absolute atomic E-state index is 11.3. The van der Waals surface area contributed by atoms with Crippen molar-refractivity contribution in [2.24, 2.45) is 0 Å². The van der Waals surface area contributed by atoms with Gasteiger partial charge in [0.2, 0.25) is 11.1 Å². The molecular weight excluding hydrogens is 402 g/mol. The summed E-state index contributed by atoms with van der Waals surface area (Å²) in [5.74, 6) is 0.544. The third-order valence-corrected chi connectivity index (χ3v) is 6.63. The molecule has 0 radical (unpaired) electrons. The molecule has 2 aromatic heterocycles. The van der Waals surface area contributed by atoms with Crippen molar-refractivity contribution in [3.63, 3.8) is 0 Å². The van der Waals surface area contributed by atoms with Crippen LogP contribution in [0.3, 0.4) is 0 Å². The van der Waals surface area contributed by atoms with Crippen LogP contribution in [0.2, 0.25) is 5.02 Å². The Labute approximate surface area is 168 Å². The molecule has 4 rings (SSSR count). The van der Waals surface area contributed by atoms with Crippen LogP contribution in [0, 0.1) is 0 Å². The highest BCUT2D eigenvalue weighted by molar-refractivity contribution is 7.98. The minimum absolute atomic E-state index is 0.127. The second-order valence-corrected chi connectivity index (χ2v) is 8.19. The fourth-order valence-corrected chi connectivity index (χ4v) is 5.19. The van der Waals surface area contributed by atoms with Crippen molar-refractivity contribution in [2.75, 3.05) is 5.32 Å². The quantitative estimate of drug-likeness (QED) is 0.475. The largest absolute Gasteiger partial charge is 0.326 e. The molecule has 136 valence electrons. The Hall–Kier alpha value is -2.42. The number of amides is 1. The highest BCUT2D eigenvalue weighted by Crippen LogP contribution is 2.38. The first-order valence-corrected chi connectivity index (χ1v) is 10.2. The van der Waals surface area contributed by atoms with E-state index in [-0.39, 0.29) is 5.91 Å². The van der Waals surface area contributed by atoms with Crippen molar-refractivity contribution in [1.82, 2.24) is 20.2 Å². The number of hydrogen-bond donors (Lipinski definition) is 1. The van der Waals surface area contributed by atoms with Crippen molar-refractivity contribution in [2.45, 2.75) is 17.8 Å². The zero-order chi connectivity index (χ0) is 18.8. The summed E-state index contributed by atoms with van der Waals surface area (Å²) in [5.41, 5.74) is 1.47. The number of thioether (sulfide) groups is 1. The molecule has 0 spiro atoms. The maximum atomic E-state index is 11.3. The molecule has 0 aliphatic heterocycles. The third kappa shape index (κ3) is 3.83. The van der Waals surface area contributed by atoms with Crippen molar-refractivity contribution in [3.05, 3.63) is 58.4 Å². The van der Waals surface area contributed by atoms with Crippen LogP contribution in [0.15, 0.2) is 53.7 Å². The third-order valence-electron chi connectivity index (χ3n) is 3.79. The van der Waals surface area contributed by atoms with Gasteiger partial charge < -0.3 is 5.32 Å². The number of tetrazole rings is 1. The fourth-order valence-electron chi connectivity index (χ4n) is 2.64. The van der Waals surface area contributed by atoms with Crippen LogP contribution in [0.4, 0.5) is 5.69 Å². The average molecular weight is 416 g/mol. The molecule has 0 saturated carbocycles. The molecule has 0 atom stereocenters. The summed E-state index contributed by atoms with van der Waals surface area (Å²) in [5, 5.41) is 17.3. The lowest BCUT2D eigenvalue weighted by atomic mass is 10.2. The summed E-state index contributed by atoms with van der Waals surface area (Å²) >= 11 is 9.72. The topological polar surface area (TPSA) is 72.7 Å². The van der Waals surface area contributed by atoms with Crippen LogP contribution in [0.5, 0.6) is 0 Å². The smallest absolute Gasteiger partial charge is 0.221 e. The summed E-state index contributed by atoms with van der Waals surface area (Å²) in [6.45, 7) is 1.47. The molecule has 0 unspecified atom stereocenters. The van der Waals surface area contributed by atoms with Gasteiger partial charge in [0.1, 0.15) is 0 Å². The van der Waals surface area contributed by atoms with Gasteiger partial charge in [0.15, 0.2) is 0 Å². The van der Waals surface area contributed by atoms with Crippen molar-refractivity contribution in [1.29, 1.82) is 0 Å². The average Bonchev–Trinajstić information content (AvgIpc) is 3.25.